The minimum Gasteiger partial charge on any atom is -0.497 e. The Hall–Kier alpha value is -3.37. The molecule has 1 aliphatic heterocycles. The summed E-state index contributed by atoms with van der Waals surface area (Å²) in [5.74, 6) is 1.50. The van der Waals surface area contributed by atoms with Gasteiger partial charge in [-0.2, -0.15) is 0 Å². The fraction of sp³-hybridized carbons (Fsp3) is 0.182. The number of benzene rings is 2. The van der Waals surface area contributed by atoms with Gasteiger partial charge in [-0.15, -0.1) is 6.58 Å². The van der Waals surface area contributed by atoms with Crippen molar-refractivity contribution in [1.29, 1.82) is 0 Å². The highest BCUT2D eigenvalue weighted by Crippen LogP contribution is 2.35. The lowest BCUT2D eigenvalue weighted by Gasteiger charge is -2.12. The Labute approximate surface area is 194 Å². The van der Waals surface area contributed by atoms with E-state index in [4.69, 9.17) is 26.4 Å². The van der Waals surface area contributed by atoms with Crippen molar-refractivity contribution in [1.82, 2.24) is 4.90 Å². The molecule has 0 radical (unpaired) electrons. The zero-order valence-corrected chi connectivity index (χ0v) is 18.8. The Morgan fingerprint density at radius 2 is 1.84 bits per heavy atom. The van der Waals surface area contributed by atoms with Crippen LogP contribution < -0.4 is 14.2 Å². The fourth-order valence-corrected chi connectivity index (χ4v) is 4.07. The minimum atomic E-state index is -0.503. The summed E-state index contributed by atoms with van der Waals surface area (Å²) in [5.41, 5.74) is 0.294. The summed E-state index contributed by atoms with van der Waals surface area (Å²) in [5, 5.41) is 11.2. The van der Waals surface area contributed by atoms with Crippen LogP contribution in [-0.2, 0) is 4.79 Å². The standard InChI is InChI=1S/C22H20N2O6S2/c1-3-10-23-21(25)20(32-22(23)31)14-15-13-16(24(26)27)4-9-19(15)30-12-11-29-18-7-5-17(28-2)6-8-18/h3-9,13-14H,1,10-12H2,2H3/b20-14-. The number of amides is 1. The average Bonchev–Trinajstić information content (AvgIpc) is 3.05. The van der Waals surface area contributed by atoms with Crippen LogP contribution in [0.4, 0.5) is 5.69 Å². The molecule has 3 rings (SSSR count). The zero-order valence-electron chi connectivity index (χ0n) is 17.2. The fourth-order valence-electron chi connectivity index (χ4n) is 2.80. The van der Waals surface area contributed by atoms with Gasteiger partial charge in [0.1, 0.15) is 34.8 Å². The third-order valence-corrected chi connectivity index (χ3v) is 5.72. The molecule has 1 saturated heterocycles. The highest BCUT2D eigenvalue weighted by molar-refractivity contribution is 8.26. The number of ether oxygens (including phenoxy) is 3. The number of carbonyl (C=O) groups is 1. The molecule has 0 unspecified atom stereocenters. The summed E-state index contributed by atoms with van der Waals surface area (Å²) < 4.78 is 16.9. The Balaban J connectivity index is 1.73. The highest BCUT2D eigenvalue weighted by Gasteiger charge is 2.31. The summed E-state index contributed by atoms with van der Waals surface area (Å²) in [6.07, 6.45) is 3.13. The lowest BCUT2D eigenvalue weighted by Crippen LogP contribution is -2.27. The zero-order chi connectivity index (χ0) is 23.1. The third-order valence-electron chi connectivity index (χ3n) is 4.35. The van der Waals surface area contributed by atoms with E-state index in [9.17, 15) is 14.9 Å². The number of nitrogens with zero attached hydrogens (tertiary/aromatic N) is 2. The number of non-ortho nitro benzene ring substituents is 1. The summed E-state index contributed by atoms with van der Waals surface area (Å²) in [7, 11) is 1.59. The number of rotatable bonds is 10. The number of thiocarbonyl (C=S) groups is 1. The molecule has 0 saturated carbocycles. The summed E-state index contributed by atoms with van der Waals surface area (Å²) >= 11 is 6.37. The molecule has 2 aromatic carbocycles. The van der Waals surface area contributed by atoms with E-state index in [1.807, 2.05) is 0 Å². The van der Waals surface area contributed by atoms with Gasteiger partial charge in [-0.3, -0.25) is 19.8 Å². The van der Waals surface area contributed by atoms with E-state index in [0.29, 0.717) is 32.8 Å². The van der Waals surface area contributed by atoms with Gasteiger partial charge >= 0.3 is 0 Å². The Morgan fingerprint density at radius 1 is 1.16 bits per heavy atom. The van der Waals surface area contributed by atoms with Crippen molar-refractivity contribution >= 4 is 46.0 Å². The Bertz CT molecular complexity index is 1070. The van der Waals surface area contributed by atoms with Gasteiger partial charge in [-0.1, -0.05) is 30.1 Å². The molecule has 8 nitrogen and oxygen atoms in total. The smallest absolute Gasteiger partial charge is 0.270 e. The van der Waals surface area contributed by atoms with Crippen LogP contribution in [0.5, 0.6) is 17.2 Å². The molecule has 2 aromatic rings. The molecular formula is C22H20N2O6S2. The number of nitro groups is 1. The second-order valence-corrected chi connectivity index (χ2v) is 8.11. The maximum Gasteiger partial charge on any atom is 0.270 e. The molecule has 10 heteroatoms. The second kappa shape index (κ2) is 10.8. The minimum absolute atomic E-state index is 0.111. The molecule has 1 heterocycles. The van der Waals surface area contributed by atoms with E-state index < -0.39 is 4.92 Å². The largest absolute Gasteiger partial charge is 0.497 e. The van der Waals surface area contributed by atoms with Gasteiger partial charge in [0.15, 0.2) is 0 Å². The molecule has 1 amide bonds. The Kier molecular flexibility index (Phi) is 7.85. The molecule has 0 spiro atoms. The maximum absolute atomic E-state index is 12.6. The molecule has 0 aliphatic carbocycles. The molecule has 0 N–H and O–H groups in total. The van der Waals surface area contributed by atoms with Crippen LogP contribution in [0.3, 0.4) is 0 Å². The highest BCUT2D eigenvalue weighted by atomic mass is 32.2. The van der Waals surface area contributed by atoms with Gasteiger partial charge in [0.05, 0.1) is 16.9 Å². The van der Waals surface area contributed by atoms with Crippen molar-refractivity contribution in [3.8, 4) is 17.2 Å². The van der Waals surface area contributed by atoms with E-state index in [1.54, 1.807) is 43.5 Å². The lowest BCUT2D eigenvalue weighted by atomic mass is 10.1. The molecule has 1 aliphatic rings. The van der Waals surface area contributed by atoms with Crippen LogP contribution in [0.25, 0.3) is 6.08 Å². The number of carbonyl (C=O) groups excluding carboxylic acids is 1. The molecule has 1 fully saturated rings. The predicted molar refractivity (Wildman–Crippen MR) is 127 cm³/mol. The molecule has 0 atom stereocenters. The second-order valence-electron chi connectivity index (χ2n) is 6.43. The van der Waals surface area contributed by atoms with Crippen LogP contribution in [-0.4, -0.2) is 46.9 Å². The SMILES string of the molecule is C=CCN1C(=O)/C(=C/c2cc([N+](=O)[O-])ccc2OCCOc2ccc(OC)cc2)SC1=S. The third kappa shape index (κ3) is 5.65. The number of nitro benzene ring substituents is 1. The first-order valence-electron chi connectivity index (χ1n) is 9.47. The van der Waals surface area contributed by atoms with E-state index in [0.717, 1.165) is 17.5 Å². The summed E-state index contributed by atoms with van der Waals surface area (Å²) in [6.45, 7) is 4.37. The number of hydrogen-bond donors (Lipinski definition) is 0. The quantitative estimate of drug-likeness (QED) is 0.125. The molecule has 32 heavy (non-hydrogen) atoms. The van der Waals surface area contributed by atoms with Crippen molar-refractivity contribution < 1.29 is 23.9 Å². The monoisotopic (exact) mass is 472 g/mol. The van der Waals surface area contributed by atoms with Crippen molar-refractivity contribution in [2.24, 2.45) is 0 Å². The van der Waals surface area contributed by atoms with Crippen molar-refractivity contribution in [3.05, 3.63) is 75.7 Å². The predicted octanol–water partition coefficient (Wildman–Crippen LogP) is 4.45. The number of methoxy groups -OCH3 is 1. The van der Waals surface area contributed by atoms with Gasteiger partial charge in [-0.05, 0) is 36.4 Å². The van der Waals surface area contributed by atoms with Crippen LogP contribution in [0.2, 0.25) is 0 Å². The van der Waals surface area contributed by atoms with E-state index in [2.05, 4.69) is 6.58 Å². The lowest BCUT2D eigenvalue weighted by molar-refractivity contribution is -0.384. The van der Waals surface area contributed by atoms with Gasteiger partial charge in [0, 0.05) is 24.2 Å². The molecule has 0 aromatic heterocycles. The van der Waals surface area contributed by atoms with Crippen LogP contribution in [0.15, 0.2) is 60.0 Å². The first-order chi connectivity index (χ1) is 15.4. The van der Waals surface area contributed by atoms with Gasteiger partial charge in [-0.25, -0.2) is 0 Å². The number of hydrogen-bond acceptors (Lipinski definition) is 8. The van der Waals surface area contributed by atoms with E-state index in [1.165, 1.54) is 23.1 Å². The van der Waals surface area contributed by atoms with Gasteiger partial charge in [0.2, 0.25) is 0 Å². The van der Waals surface area contributed by atoms with Crippen molar-refractivity contribution in [2.45, 2.75) is 0 Å². The maximum atomic E-state index is 12.6. The average molecular weight is 473 g/mol. The molecule has 0 bridgehead atoms. The summed E-state index contributed by atoms with van der Waals surface area (Å²) in [4.78, 5) is 25.1. The van der Waals surface area contributed by atoms with Gasteiger partial charge < -0.3 is 14.2 Å². The first kappa shape index (κ1) is 23.3. The van der Waals surface area contributed by atoms with E-state index >= 15 is 0 Å². The van der Waals surface area contributed by atoms with Crippen molar-refractivity contribution in [2.75, 3.05) is 26.9 Å². The normalized spacial score (nSPS) is 14.5. The van der Waals surface area contributed by atoms with Crippen molar-refractivity contribution in [3.63, 3.8) is 0 Å². The molecular weight excluding hydrogens is 452 g/mol. The first-order valence-corrected chi connectivity index (χ1v) is 10.7. The van der Waals surface area contributed by atoms with E-state index in [-0.39, 0.29) is 24.8 Å². The molecule has 166 valence electrons. The van der Waals surface area contributed by atoms with Crippen LogP contribution in [0.1, 0.15) is 5.56 Å². The topological polar surface area (TPSA) is 91.1 Å². The van der Waals surface area contributed by atoms with Crippen LogP contribution in [0, 0.1) is 10.1 Å². The van der Waals surface area contributed by atoms with Gasteiger partial charge in [0.25, 0.3) is 11.6 Å². The summed E-state index contributed by atoms with van der Waals surface area (Å²) in [6, 6.07) is 11.3. The van der Waals surface area contributed by atoms with Crippen LogP contribution >= 0.6 is 24.0 Å². The Morgan fingerprint density at radius 3 is 2.50 bits per heavy atom. The number of thioether (sulfide) groups is 1.